The summed E-state index contributed by atoms with van der Waals surface area (Å²) in [4.78, 5) is 12.2. The lowest BCUT2D eigenvalue weighted by molar-refractivity contribution is -0.123. The molecule has 1 atom stereocenters. The van der Waals surface area contributed by atoms with Crippen LogP contribution in [-0.4, -0.2) is 29.2 Å². The van der Waals surface area contributed by atoms with Crippen molar-refractivity contribution in [2.45, 2.75) is 44.6 Å². The largest absolute Gasteiger partial charge is 0.350 e. The second-order valence-corrected chi connectivity index (χ2v) is 6.68. The van der Waals surface area contributed by atoms with E-state index in [1.807, 2.05) is 0 Å². The van der Waals surface area contributed by atoms with Crippen LogP contribution in [0.2, 0.25) is 0 Å². The van der Waals surface area contributed by atoms with E-state index in [4.69, 9.17) is 0 Å². The molecule has 0 aromatic carbocycles. The molecule has 0 radical (unpaired) electrons. The standard InChI is InChI=1S/C15H22N4O/c20-14(12-8-15(12)3-5-16-6-4-15)17-9-11-7-13(19-18-11)10-1-2-10/h7,10,12,16H,1-6,8-9H2,(H,17,20)(H,18,19)/t12-/m1/s1. The van der Waals surface area contributed by atoms with Crippen molar-refractivity contribution in [3.8, 4) is 0 Å². The van der Waals surface area contributed by atoms with E-state index >= 15 is 0 Å². The maximum atomic E-state index is 12.2. The van der Waals surface area contributed by atoms with E-state index in [-0.39, 0.29) is 11.8 Å². The predicted molar refractivity (Wildman–Crippen MR) is 75.1 cm³/mol. The van der Waals surface area contributed by atoms with Gasteiger partial charge in [0.05, 0.1) is 17.9 Å². The minimum Gasteiger partial charge on any atom is -0.350 e. The summed E-state index contributed by atoms with van der Waals surface area (Å²) in [6.07, 6.45) is 5.91. The number of amides is 1. The number of rotatable bonds is 4. The van der Waals surface area contributed by atoms with Crippen molar-refractivity contribution in [1.29, 1.82) is 0 Å². The van der Waals surface area contributed by atoms with Crippen LogP contribution in [0.4, 0.5) is 0 Å². The van der Waals surface area contributed by atoms with Crippen molar-refractivity contribution >= 4 is 5.91 Å². The Balaban J connectivity index is 1.29. The average Bonchev–Trinajstić information content (AvgIpc) is 3.38. The molecule has 1 amide bonds. The van der Waals surface area contributed by atoms with Gasteiger partial charge < -0.3 is 10.6 Å². The zero-order valence-electron chi connectivity index (χ0n) is 11.7. The number of carbonyl (C=O) groups excluding carboxylic acids is 1. The van der Waals surface area contributed by atoms with E-state index < -0.39 is 0 Å². The van der Waals surface area contributed by atoms with Gasteiger partial charge in [-0.15, -0.1) is 0 Å². The highest BCUT2D eigenvalue weighted by Crippen LogP contribution is 2.58. The molecule has 2 aliphatic carbocycles. The lowest BCUT2D eigenvalue weighted by Crippen LogP contribution is -2.33. The number of hydrogen-bond acceptors (Lipinski definition) is 3. The summed E-state index contributed by atoms with van der Waals surface area (Å²) in [7, 11) is 0. The summed E-state index contributed by atoms with van der Waals surface area (Å²) in [6.45, 7) is 2.72. The van der Waals surface area contributed by atoms with E-state index in [2.05, 4.69) is 26.9 Å². The number of aromatic amines is 1. The third kappa shape index (κ3) is 2.24. The molecule has 5 heteroatoms. The van der Waals surface area contributed by atoms with Gasteiger partial charge in [-0.1, -0.05) is 0 Å². The molecule has 1 spiro atoms. The Morgan fingerprint density at radius 1 is 1.40 bits per heavy atom. The number of carbonyl (C=O) groups is 1. The molecule has 20 heavy (non-hydrogen) atoms. The predicted octanol–water partition coefficient (Wildman–Crippen LogP) is 1.29. The normalized spacial score (nSPS) is 27.5. The Morgan fingerprint density at radius 3 is 2.95 bits per heavy atom. The molecule has 1 aromatic rings. The highest BCUT2D eigenvalue weighted by molar-refractivity contribution is 5.82. The van der Waals surface area contributed by atoms with E-state index in [1.54, 1.807) is 0 Å². The Kier molecular flexibility index (Phi) is 2.84. The third-order valence-electron chi connectivity index (χ3n) is 5.20. The van der Waals surface area contributed by atoms with Crippen molar-refractivity contribution in [2.24, 2.45) is 11.3 Å². The van der Waals surface area contributed by atoms with Crippen molar-refractivity contribution in [1.82, 2.24) is 20.8 Å². The van der Waals surface area contributed by atoms with Crippen LogP contribution in [0.25, 0.3) is 0 Å². The zero-order valence-corrected chi connectivity index (χ0v) is 11.7. The minimum absolute atomic E-state index is 0.231. The second kappa shape index (κ2) is 4.58. The van der Waals surface area contributed by atoms with E-state index in [0.29, 0.717) is 17.9 Å². The van der Waals surface area contributed by atoms with Crippen LogP contribution in [0, 0.1) is 11.3 Å². The summed E-state index contributed by atoms with van der Waals surface area (Å²) in [6, 6.07) is 2.10. The number of nitrogens with one attached hydrogen (secondary N) is 3. The molecule has 108 valence electrons. The van der Waals surface area contributed by atoms with E-state index in [9.17, 15) is 4.79 Å². The van der Waals surface area contributed by atoms with Crippen LogP contribution in [0.1, 0.15) is 49.4 Å². The van der Waals surface area contributed by atoms with Crippen LogP contribution in [-0.2, 0) is 11.3 Å². The lowest BCUT2D eigenvalue weighted by atomic mass is 9.92. The topological polar surface area (TPSA) is 69.8 Å². The van der Waals surface area contributed by atoms with Crippen LogP contribution < -0.4 is 10.6 Å². The molecule has 4 rings (SSSR count). The molecular weight excluding hydrogens is 252 g/mol. The van der Waals surface area contributed by atoms with Crippen LogP contribution in [0.3, 0.4) is 0 Å². The average molecular weight is 274 g/mol. The molecule has 0 bridgehead atoms. The fourth-order valence-corrected chi connectivity index (χ4v) is 3.56. The molecule has 1 aromatic heterocycles. The van der Waals surface area contributed by atoms with Gasteiger partial charge in [-0.25, -0.2) is 0 Å². The minimum atomic E-state index is 0.231. The highest BCUT2D eigenvalue weighted by Gasteiger charge is 2.57. The SMILES string of the molecule is O=C(NCc1cc(C2CC2)n[nH]1)[C@H]1CC12CCNCC2. The molecule has 3 aliphatic rings. The number of aromatic nitrogens is 2. The van der Waals surface area contributed by atoms with Crippen molar-refractivity contribution < 1.29 is 4.79 Å². The van der Waals surface area contributed by atoms with Gasteiger partial charge in [0.25, 0.3) is 0 Å². The monoisotopic (exact) mass is 274 g/mol. The zero-order chi connectivity index (χ0) is 13.6. The molecule has 1 saturated heterocycles. The maximum absolute atomic E-state index is 12.2. The summed E-state index contributed by atoms with van der Waals surface area (Å²) in [5.74, 6) is 1.14. The maximum Gasteiger partial charge on any atom is 0.224 e. The first-order valence-corrected chi connectivity index (χ1v) is 7.79. The van der Waals surface area contributed by atoms with Gasteiger partial charge in [0.1, 0.15) is 0 Å². The third-order valence-corrected chi connectivity index (χ3v) is 5.20. The van der Waals surface area contributed by atoms with Gasteiger partial charge >= 0.3 is 0 Å². The van der Waals surface area contributed by atoms with Gasteiger partial charge in [-0.2, -0.15) is 5.10 Å². The van der Waals surface area contributed by atoms with Crippen LogP contribution in [0.15, 0.2) is 6.07 Å². The molecule has 3 N–H and O–H groups in total. The van der Waals surface area contributed by atoms with Crippen molar-refractivity contribution in [3.63, 3.8) is 0 Å². The summed E-state index contributed by atoms with van der Waals surface area (Å²) < 4.78 is 0. The van der Waals surface area contributed by atoms with Gasteiger partial charge in [-0.05, 0) is 56.7 Å². The molecule has 0 unspecified atom stereocenters. The molecular formula is C15H22N4O. The number of nitrogens with zero attached hydrogens (tertiary/aromatic N) is 1. The Bertz CT molecular complexity index is 514. The first-order chi connectivity index (χ1) is 9.77. The molecule has 1 aliphatic heterocycles. The number of piperidine rings is 1. The van der Waals surface area contributed by atoms with Gasteiger partial charge in [0.2, 0.25) is 5.91 Å². The van der Waals surface area contributed by atoms with Crippen molar-refractivity contribution in [3.05, 3.63) is 17.5 Å². The summed E-state index contributed by atoms with van der Waals surface area (Å²) >= 11 is 0. The number of hydrogen-bond donors (Lipinski definition) is 3. The Labute approximate surface area is 118 Å². The van der Waals surface area contributed by atoms with Gasteiger partial charge in [-0.3, -0.25) is 9.89 Å². The Morgan fingerprint density at radius 2 is 2.20 bits per heavy atom. The van der Waals surface area contributed by atoms with Gasteiger partial charge in [0.15, 0.2) is 0 Å². The summed E-state index contributed by atoms with van der Waals surface area (Å²) in [5, 5.41) is 13.8. The fraction of sp³-hybridized carbons (Fsp3) is 0.733. The van der Waals surface area contributed by atoms with Crippen molar-refractivity contribution in [2.75, 3.05) is 13.1 Å². The first-order valence-electron chi connectivity index (χ1n) is 7.79. The quantitative estimate of drug-likeness (QED) is 0.775. The van der Waals surface area contributed by atoms with E-state index in [0.717, 1.165) is 43.7 Å². The summed E-state index contributed by atoms with van der Waals surface area (Å²) in [5.41, 5.74) is 2.51. The first kappa shape index (κ1) is 12.4. The Hall–Kier alpha value is -1.36. The fourth-order valence-electron chi connectivity index (χ4n) is 3.56. The van der Waals surface area contributed by atoms with Crippen LogP contribution >= 0.6 is 0 Å². The molecule has 5 nitrogen and oxygen atoms in total. The lowest BCUT2D eigenvalue weighted by Gasteiger charge is -2.23. The van der Waals surface area contributed by atoms with Crippen LogP contribution in [0.5, 0.6) is 0 Å². The molecule has 2 saturated carbocycles. The highest BCUT2D eigenvalue weighted by atomic mass is 16.2. The van der Waals surface area contributed by atoms with Gasteiger partial charge in [0, 0.05) is 11.8 Å². The van der Waals surface area contributed by atoms with E-state index in [1.165, 1.54) is 12.8 Å². The number of H-pyrrole nitrogens is 1. The second-order valence-electron chi connectivity index (χ2n) is 6.68. The molecule has 2 heterocycles. The molecule has 3 fully saturated rings. The smallest absolute Gasteiger partial charge is 0.224 e.